The molecular weight excluding hydrogens is 220 g/mol. The van der Waals surface area contributed by atoms with Crippen LogP contribution < -0.4 is 5.73 Å². The number of imidazole rings is 1. The molecule has 1 rings (SSSR count). The molecule has 1 aromatic heterocycles. The van der Waals surface area contributed by atoms with Gasteiger partial charge in [-0.25, -0.2) is 9.79 Å². The molecule has 1 heterocycles. The predicted octanol–water partition coefficient (Wildman–Crippen LogP) is 1.22. The maximum Gasteiger partial charge on any atom is 0.352 e. The molecule has 0 atom stereocenters. The predicted molar refractivity (Wildman–Crippen MR) is 66.4 cm³/mol. The number of aliphatic imine (C=N–C) groups is 1. The van der Waals surface area contributed by atoms with Crippen molar-refractivity contribution in [3.8, 4) is 0 Å². The Morgan fingerprint density at radius 3 is 2.71 bits per heavy atom. The fourth-order valence-corrected chi connectivity index (χ4v) is 1.46. The molecule has 94 valence electrons. The molecule has 0 saturated heterocycles. The first kappa shape index (κ1) is 13.2. The Bertz CT molecular complexity index is 449. The summed E-state index contributed by atoms with van der Waals surface area (Å²) in [5.74, 6) is 0.439. The number of esters is 1. The fraction of sp³-hybridized carbons (Fsp3) is 0.545. The second kappa shape index (κ2) is 5.47. The van der Waals surface area contributed by atoms with Crippen LogP contribution in [0.15, 0.2) is 4.99 Å². The van der Waals surface area contributed by atoms with Gasteiger partial charge < -0.3 is 15.0 Å². The lowest BCUT2D eigenvalue weighted by Crippen LogP contribution is -2.13. The van der Waals surface area contributed by atoms with Crippen LogP contribution in [0, 0.1) is 0 Å². The molecule has 0 aromatic carbocycles. The van der Waals surface area contributed by atoms with Gasteiger partial charge in [0.15, 0.2) is 5.82 Å². The third-order valence-corrected chi connectivity index (χ3v) is 2.41. The van der Waals surface area contributed by atoms with E-state index >= 15 is 0 Å². The number of nitrogens with zero attached hydrogens (tertiary/aromatic N) is 3. The van der Waals surface area contributed by atoms with Gasteiger partial charge in [0, 0.05) is 7.05 Å². The summed E-state index contributed by atoms with van der Waals surface area (Å²) in [4.78, 5) is 19.7. The van der Waals surface area contributed by atoms with Gasteiger partial charge in [0.05, 0.1) is 12.3 Å². The highest BCUT2D eigenvalue weighted by Crippen LogP contribution is 2.21. The Labute approximate surface area is 101 Å². The number of rotatable bonds is 4. The van der Waals surface area contributed by atoms with Crippen LogP contribution in [0.25, 0.3) is 0 Å². The number of anilines is 1. The molecular formula is C11H18N4O2. The highest BCUT2D eigenvalue weighted by atomic mass is 16.5. The molecule has 0 radical (unpaired) electrons. The third-order valence-electron chi connectivity index (χ3n) is 2.41. The van der Waals surface area contributed by atoms with Gasteiger partial charge in [0.25, 0.3) is 0 Å². The van der Waals surface area contributed by atoms with Crippen molar-refractivity contribution in [2.45, 2.75) is 27.2 Å². The summed E-state index contributed by atoms with van der Waals surface area (Å²) in [6.45, 7) is 5.66. The molecule has 1 aromatic rings. The van der Waals surface area contributed by atoms with E-state index in [1.165, 1.54) is 0 Å². The first-order valence-electron chi connectivity index (χ1n) is 5.54. The summed E-state index contributed by atoms with van der Waals surface area (Å²) in [5.41, 5.74) is 6.87. The van der Waals surface area contributed by atoms with Gasteiger partial charge in [-0.1, -0.05) is 6.92 Å². The van der Waals surface area contributed by atoms with Crippen molar-refractivity contribution >= 4 is 23.4 Å². The van der Waals surface area contributed by atoms with Gasteiger partial charge in [0.2, 0.25) is 5.95 Å². The molecule has 6 nitrogen and oxygen atoms in total. The van der Waals surface area contributed by atoms with Crippen LogP contribution in [0.5, 0.6) is 0 Å². The third kappa shape index (κ3) is 2.83. The molecule has 0 aliphatic carbocycles. The number of hydrogen-bond donors (Lipinski definition) is 1. The lowest BCUT2D eigenvalue weighted by molar-refractivity contribution is -0.135. The maximum absolute atomic E-state index is 11.4. The Balaban J connectivity index is 3.05. The minimum Gasteiger partial charge on any atom is -0.462 e. The van der Waals surface area contributed by atoms with Crippen molar-refractivity contribution in [1.82, 2.24) is 9.55 Å². The van der Waals surface area contributed by atoms with E-state index in [0.717, 1.165) is 12.1 Å². The Morgan fingerprint density at radius 1 is 1.53 bits per heavy atom. The quantitative estimate of drug-likeness (QED) is 0.631. The van der Waals surface area contributed by atoms with Crippen LogP contribution in [0.1, 0.15) is 26.5 Å². The van der Waals surface area contributed by atoms with Gasteiger partial charge in [-0.05, 0) is 20.3 Å². The largest absolute Gasteiger partial charge is 0.462 e. The number of nitrogens with two attached hydrogens (primary N) is 1. The molecule has 0 unspecified atom stereocenters. The van der Waals surface area contributed by atoms with E-state index in [1.54, 1.807) is 18.4 Å². The van der Waals surface area contributed by atoms with Gasteiger partial charge in [-0.2, -0.15) is 4.98 Å². The number of carbonyl (C=O) groups excluding carboxylic acids is 1. The fourth-order valence-electron chi connectivity index (χ4n) is 1.46. The standard InChI is InChI=1S/C11H18N4O2/c1-5-8-9(14-11(12)15(8)4)13-7(3)10(16)17-6-2/h5-6H2,1-4H3,(H2,12,14). The molecule has 17 heavy (non-hydrogen) atoms. The van der Waals surface area contributed by atoms with Crippen LogP contribution in [-0.2, 0) is 23.0 Å². The number of nitrogen functional groups attached to an aromatic ring is 1. The Hall–Kier alpha value is -1.85. The van der Waals surface area contributed by atoms with Gasteiger partial charge in [-0.3, -0.25) is 0 Å². The molecule has 0 amide bonds. The zero-order valence-corrected chi connectivity index (χ0v) is 10.6. The van der Waals surface area contributed by atoms with E-state index < -0.39 is 5.97 Å². The van der Waals surface area contributed by atoms with Crippen LogP contribution in [-0.4, -0.2) is 27.8 Å². The van der Waals surface area contributed by atoms with Crippen molar-refractivity contribution < 1.29 is 9.53 Å². The summed E-state index contributed by atoms with van der Waals surface area (Å²) in [7, 11) is 1.82. The monoisotopic (exact) mass is 238 g/mol. The summed E-state index contributed by atoms with van der Waals surface area (Å²) in [5, 5.41) is 0. The molecule has 2 N–H and O–H groups in total. The molecule has 0 aliphatic heterocycles. The highest BCUT2D eigenvalue weighted by molar-refractivity contribution is 6.35. The van der Waals surface area contributed by atoms with E-state index in [4.69, 9.17) is 10.5 Å². The van der Waals surface area contributed by atoms with Crippen LogP contribution in [0.3, 0.4) is 0 Å². The second-order valence-electron chi connectivity index (χ2n) is 3.57. The molecule has 0 bridgehead atoms. The van der Waals surface area contributed by atoms with Crippen molar-refractivity contribution in [2.75, 3.05) is 12.3 Å². The van der Waals surface area contributed by atoms with Crippen molar-refractivity contribution in [2.24, 2.45) is 12.0 Å². The highest BCUT2D eigenvalue weighted by Gasteiger charge is 2.13. The summed E-state index contributed by atoms with van der Waals surface area (Å²) in [6, 6.07) is 0. The van der Waals surface area contributed by atoms with E-state index in [9.17, 15) is 4.79 Å². The molecule has 0 spiro atoms. The normalized spacial score (nSPS) is 11.6. The Kier molecular flexibility index (Phi) is 4.25. The van der Waals surface area contributed by atoms with E-state index in [2.05, 4.69) is 9.98 Å². The second-order valence-corrected chi connectivity index (χ2v) is 3.57. The number of aromatic nitrogens is 2. The average molecular weight is 238 g/mol. The summed E-state index contributed by atoms with van der Waals surface area (Å²) in [6.07, 6.45) is 0.746. The van der Waals surface area contributed by atoms with Crippen molar-refractivity contribution in [1.29, 1.82) is 0 Å². The van der Waals surface area contributed by atoms with Crippen molar-refractivity contribution in [3.05, 3.63) is 5.69 Å². The minimum atomic E-state index is -0.432. The average Bonchev–Trinajstić information content (AvgIpc) is 2.54. The molecule has 6 heteroatoms. The van der Waals surface area contributed by atoms with Gasteiger partial charge in [-0.15, -0.1) is 0 Å². The minimum absolute atomic E-state index is 0.277. The Morgan fingerprint density at radius 2 is 2.18 bits per heavy atom. The van der Waals surface area contributed by atoms with E-state index in [0.29, 0.717) is 18.4 Å². The first-order chi connectivity index (χ1) is 8.01. The van der Waals surface area contributed by atoms with E-state index in [1.807, 2.05) is 14.0 Å². The van der Waals surface area contributed by atoms with Gasteiger partial charge >= 0.3 is 5.97 Å². The lowest BCUT2D eigenvalue weighted by atomic mass is 10.3. The molecule has 0 saturated carbocycles. The van der Waals surface area contributed by atoms with Crippen LogP contribution in [0.4, 0.5) is 11.8 Å². The number of hydrogen-bond acceptors (Lipinski definition) is 5. The SMILES string of the molecule is CCOC(=O)C(C)=Nc1nc(N)n(C)c1CC. The number of carbonyl (C=O) groups is 1. The first-order valence-corrected chi connectivity index (χ1v) is 5.54. The number of ether oxygens (including phenoxy) is 1. The molecule has 0 aliphatic rings. The maximum atomic E-state index is 11.4. The van der Waals surface area contributed by atoms with Gasteiger partial charge in [0.1, 0.15) is 5.71 Å². The smallest absolute Gasteiger partial charge is 0.352 e. The lowest BCUT2D eigenvalue weighted by Gasteiger charge is -2.01. The van der Waals surface area contributed by atoms with E-state index in [-0.39, 0.29) is 5.71 Å². The topological polar surface area (TPSA) is 82.5 Å². The van der Waals surface area contributed by atoms with Crippen LogP contribution >= 0.6 is 0 Å². The zero-order chi connectivity index (χ0) is 13.0. The van der Waals surface area contributed by atoms with Crippen LogP contribution in [0.2, 0.25) is 0 Å². The zero-order valence-electron chi connectivity index (χ0n) is 10.6. The van der Waals surface area contributed by atoms with Crippen molar-refractivity contribution in [3.63, 3.8) is 0 Å². The summed E-state index contributed by atoms with van der Waals surface area (Å²) < 4.78 is 6.61. The molecule has 0 fully saturated rings. The summed E-state index contributed by atoms with van der Waals surface area (Å²) >= 11 is 0.